The van der Waals surface area contributed by atoms with Gasteiger partial charge in [0, 0.05) is 19.5 Å². The molecule has 1 amide bonds. The van der Waals surface area contributed by atoms with Gasteiger partial charge in [0.25, 0.3) is 11.5 Å². The summed E-state index contributed by atoms with van der Waals surface area (Å²) in [5.74, 6) is -0.391. The van der Waals surface area contributed by atoms with Crippen LogP contribution in [0.3, 0.4) is 0 Å². The Bertz CT molecular complexity index is 1590. The molecule has 0 bridgehead atoms. The molecule has 0 aliphatic carbocycles. The minimum Gasteiger partial charge on any atom is -0.497 e. The molecule has 1 aliphatic rings. The van der Waals surface area contributed by atoms with E-state index in [1.807, 2.05) is 48.5 Å². The number of nitriles is 1. The lowest BCUT2D eigenvalue weighted by Gasteiger charge is -2.17. The number of rotatable bonds is 10. The van der Waals surface area contributed by atoms with E-state index in [1.54, 1.807) is 25.3 Å². The Kier molecular flexibility index (Phi) is 9.19. The Labute approximate surface area is 241 Å². The van der Waals surface area contributed by atoms with Crippen LogP contribution in [0.4, 0.5) is 0 Å². The summed E-state index contributed by atoms with van der Waals surface area (Å²) < 4.78 is 6.64. The van der Waals surface area contributed by atoms with Crippen LogP contribution >= 0.6 is 24.0 Å². The number of hydrogen-bond donors (Lipinski definition) is 1. The highest BCUT2D eigenvalue weighted by atomic mass is 32.2. The number of aromatic nitrogens is 1. The summed E-state index contributed by atoms with van der Waals surface area (Å²) >= 11 is 6.60. The van der Waals surface area contributed by atoms with Crippen LogP contribution in [-0.4, -0.2) is 44.2 Å². The molecule has 1 N–H and O–H groups in total. The van der Waals surface area contributed by atoms with Crippen molar-refractivity contribution in [3.63, 3.8) is 0 Å². The van der Waals surface area contributed by atoms with Gasteiger partial charge in [-0.3, -0.25) is 23.9 Å². The molecule has 1 saturated heterocycles. The normalized spacial score (nSPS) is 14.0. The predicted molar refractivity (Wildman–Crippen MR) is 158 cm³/mol. The van der Waals surface area contributed by atoms with Crippen LogP contribution < -0.4 is 10.3 Å². The number of aryl methyl sites for hydroxylation is 1. The molecule has 3 aromatic rings. The predicted octanol–water partition coefficient (Wildman–Crippen LogP) is 4.85. The Morgan fingerprint density at radius 2 is 1.82 bits per heavy atom. The Hall–Kier alpha value is -4.20. The zero-order valence-electron chi connectivity index (χ0n) is 22.0. The molecule has 0 spiro atoms. The van der Waals surface area contributed by atoms with Crippen molar-refractivity contribution in [2.45, 2.75) is 32.7 Å². The molecule has 1 fully saturated rings. The number of benzene rings is 2. The van der Waals surface area contributed by atoms with Crippen LogP contribution in [0, 0.1) is 18.3 Å². The third-order valence-electron chi connectivity index (χ3n) is 6.62. The number of ether oxygens (including phenoxy) is 1. The highest BCUT2D eigenvalue weighted by molar-refractivity contribution is 8.26. The maximum absolute atomic E-state index is 13.2. The van der Waals surface area contributed by atoms with Gasteiger partial charge in [-0.1, -0.05) is 66.4 Å². The Morgan fingerprint density at radius 1 is 1.12 bits per heavy atom. The molecule has 1 aromatic heterocycles. The SMILES string of the molecule is COc1ccc(/C=C2\SC(=S)N(CCCC(=O)c3c(C)c(C#N)c(=O)n(CCc4ccccc4)c3O)C2=O)cc1. The molecule has 2 heterocycles. The van der Waals surface area contributed by atoms with Gasteiger partial charge in [-0.2, -0.15) is 5.26 Å². The molecular weight excluding hydrogens is 546 g/mol. The van der Waals surface area contributed by atoms with Gasteiger partial charge in [-0.15, -0.1) is 0 Å². The van der Waals surface area contributed by atoms with Crippen molar-refractivity contribution in [3.8, 4) is 17.7 Å². The van der Waals surface area contributed by atoms with Crippen molar-refractivity contribution in [2.75, 3.05) is 13.7 Å². The van der Waals surface area contributed by atoms with Crippen LogP contribution in [0.5, 0.6) is 11.6 Å². The second kappa shape index (κ2) is 12.8. The number of carbonyl (C=O) groups excluding carboxylic acids is 2. The highest BCUT2D eigenvalue weighted by Crippen LogP contribution is 2.33. The number of Topliss-reactive ketones (excluding diaryl/α,β-unsaturated/α-hetero) is 1. The summed E-state index contributed by atoms with van der Waals surface area (Å²) in [6.45, 7) is 1.82. The van der Waals surface area contributed by atoms with E-state index in [2.05, 4.69) is 0 Å². The van der Waals surface area contributed by atoms with Gasteiger partial charge >= 0.3 is 0 Å². The molecule has 10 heteroatoms. The lowest BCUT2D eigenvalue weighted by molar-refractivity contribution is -0.122. The van der Waals surface area contributed by atoms with E-state index in [4.69, 9.17) is 17.0 Å². The number of thiocarbonyl (C=S) groups is 1. The van der Waals surface area contributed by atoms with Crippen molar-refractivity contribution in [2.24, 2.45) is 0 Å². The van der Waals surface area contributed by atoms with Gasteiger partial charge in [0.05, 0.1) is 17.6 Å². The van der Waals surface area contributed by atoms with Crippen molar-refractivity contribution in [1.82, 2.24) is 9.47 Å². The summed E-state index contributed by atoms with van der Waals surface area (Å²) in [6, 6.07) is 18.6. The maximum atomic E-state index is 13.2. The highest BCUT2D eigenvalue weighted by Gasteiger charge is 2.32. The molecular formula is C30H27N3O5S2. The lowest BCUT2D eigenvalue weighted by Crippen LogP contribution is -2.30. The number of carbonyl (C=O) groups is 2. The van der Waals surface area contributed by atoms with Crippen LogP contribution in [0.2, 0.25) is 0 Å². The van der Waals surface area contributed by atoms with Crippen molar-refractivity contribution >= 4 is 46.1 Å². The van der Waals surface area contributed by atoms with Crippen molar-refractivity contribution in [3.05, 3.63) is 97.7 Å². The second-order valence-corrected chi connectivity index (χ2v) is 10.8. The smallest absolute Gasteiger partial charge is 0.271 e. The fourth-order valence-corrected chi connectivity index (χ4v) is 5.75. The Balaban J connectivity index is 1.46. The van der Waals surface area contributed by atoms with Crippen LogP contribution in [0.25, 0.3) is 6.08 Å². The fourth-order valence-electron chi connectivity index (χ4n) is 4.44. The topological polar surface area (TPSA) is 113 Å². The molecule has 1 aliphatic heterocycles. The quantitative estimate of drug-likeness (QED) is 0.208. The number of aromatic hydroxyl groups is 1. The van der Waals surface area contributed by atoms with Crippen molar-refractivity contribution in [1.29, 1.82) is 5.26 Å². The van der Waals surface area contributed by atoms with E-state index in [0.29, 0.717) is 21.4 Å². The first kappa shape index (κ1) is 28.8. The number of ketones is 1. The molecule has 0 radical (unpaired) electrons. The summed E-state index contributed by atoms with van der Waals surface area (Å²) in [7, 11) is 1.58. The largest absolute Gasteiger partial charge is 0.497 e. The molecule has 2 aromatic carbocycles. The first-order valence-corrected chi connectivity index (χ1v) is 13.8. The van der Waals surface area contributed by atoms with E-state index in [-0.39, 0.29) is 48.5 Å². The molecule has 0 saturated carbocycles. The zero-order valence-corrected chi connectivity index (χ0v) is 23.7. The number of nitrogens with zero attached hydrogens (tertiary/aromatic N) is 3. The van der Waals surface area contributed by atoms with E-state index < -0.39 is 17.2 Å². The number of amides is 1. The summed E-state index contributed by atoms with van der Waals surface area (Å²) in [5, 5.41) is 20.6. The molecule has 0 unspecified atom stereocenters. The van der Waals surface area contributed by atoms with Crippen LogP contribution in [0.1, 0.15) is 45.5 Å². The number of thioether (sulfide) groups is 1. The number of methoxy groups -OCH3 is 1. The van der Waals surface area contributed by atoms with E-state index in [1.165, 1.54) is 23.6 Å². The van der Waals surface area contributed by atoms with Gasteiger partial charge in [-0.25, -0.2) is 0 Å². The first-order chi connectivity index (χ1) is 19.2. The monoisotopic (exact) mass is 573 g/mol. The van der Waals surface area contributed by atoms with Gasteiger partial charge in [0.15, 0.2) is 5.78 Å². The van der Waals surface area contributed by atoms with Gasteiger partial charge in [-0.05, 0) is 54.7 Å². The number of pyridine rings is 1. The third-order valence-corrected chi connectivity index (χ3v) is 8.00. The second-order valence-electron chi connectivity index (χ2n) is 9.14. The summed E-state index contributed by atoms with van der Waals surface area (Å²) in [6.07, 6.45) is 2.47. The van der Waals surface area contributed by atoms with Crippen molar-refractivity contribution < 1.29 is 19.4 Å². The summed E-state index contributed by atoms with van der Waals surface area (Å²) in [4.78, 5) is 41.0. The van der Waals surface area contributed by atoms with E-state index in [9.17, 15) is 24.8 Å². The fraction of sp³-hybridized carbons (Fsp3) is 0.233. The van der Waals surface area contributed by atoms with Crippen LogP contribution in [-0.2, 0) is 17.8 Å². The molecule has 4 rings (SSSR count). The third kappa shape index (κ3) is 6.17. The van der Waals surface area contributed by atoms with E-state index in [0.717, 1.165) is 15.7 Å². The lowest BCUT2D eigenvalue weighted by atomic mass is 9.99. The Morgan fingerprint density at radius 3 is 2.48 bits per heavy atom. The molecule has 40 heavy (non-hydrogen) atoms. The van der Waals surface area contributed by atoms with Gasteiger partial charge in [0.1, 0.15) is 21.7 Å². The first-order valence-electron chi connectivity index (χ1n) is 12.6. The average molecular weight is 574 g/mol. The standard InChI is InChI=1S/C30H27N3O5S2/c1-19-23(18-31)27(35)32(16-14-20-7-4-3-5-8-20)29(37)26(19)24(34)9-6-15-33-28(36)25(40-30(33)39)17-21-10-12-22(38-2)13-11-21/h3-5,7-8,10-13,17,37H,6,9,14-16H2,1-2H3/b25-17-. The number of hydrogen-bond acceptors (Lipinski definition) is 8. The molecule has 204 valence electrons. The minimum absolute atomic E-state index is 0.00918. The minimum atomic E-state index is -0.633. The molecule has 8 nitrogen and oxygen atoms in total. The zero-order chi connectivity index (χ0) is 28.8. The maximum Gasteiger partial charge on any atom is 0.271 e. The van der Waals surface area contributed by atoms with E-state index >= 15 is 0 Å². The average Bonchev–Trinajstić information content (AvgIpc) is 3.21. The van der Waals surface area contributed by atoms with Crippen LogP contribution in [0.15, 0.2) is 64.3 Å². The van der Waals surface area contributed by atoms with Gasteiger partial charge < -0.3 is 9.84 Å². The summed E-state index contributed by atoms with van der Waals surface area (Å²) in [5.41, 5.74) is 1.08. The van der Waals surface area contributed by atoms with Gasteiger partial charge in [0.2, 0.25) is 5.88 Å². The molecule has 0 atom stereocenters.